The highest BCUT2D eigenvalue weighted by molar-refractivity contribution is 6.01. The van der Waals surface area contributed by atoms with Gasteiger partial charge in [-0.25, -0.2) is 4.98 Å². The number of nitrogens with one attached hydrogen (secondary N) is 2. The fourth-order valence-electron chi connectivity index (χ4n) is 4.59. The molecule has 1 aliphatic heterocycles. The van der Waals surface area contributed by atoms with Gasteiger partial charge in [-0.1, -0.05) is 48.3 Å². The van der Waals surface area contributed by atoms with E-state index in [1.807, 2.05) is 36.4 Å². The predicted molar refractivity (Wildman–Crippen MR) is 125 cm³/mol. The lowest BCUT2D eigenvalue weighted by Crippen LogP contribution is -2.38. The van der Waals surface area contributed by atoms with Gasteiger partial charge in [-0.2, -0.15) is 0 Å². The molecule has 176 valence electrons. The summed E-state index contributed by atoms with van der Waals surface area (Å²) in [5.41, 5.74) is 0.835. The zero-order chi connectivity index (χ0) is 23.4. The van der Waals surface area contributed by atoms with Gasteiger partial charge in [-0.05, 0) is 30.5 Å². The average molecular weight is 463 g/mol. The molecule has 0 atom stereocenters. The van der Waals surface area contributed by atoms with E-state index in [1.54, 1.807) is 12.3 Å². The first kappa shape index (κ1) is 22.0. The fraction of sp³-hybridized carbons (Fsp3) is 0.375. The molecule has 3 heterocycles. The lowest BCUT2D eigenvalue weighted by molar-refractivity contribution is -0.121. The second-order valence-electron chi connectivity index (χ2n) is 8.48. The van der Waals surface area contributed by atoms with E-state index in [0.717, 1.165) is 50.2 Å². The second kappa shape index (κ2) is 9.60. The van der Waals surface area contributed by atoms with E-state index in [0.29, 0.717) is 18.9 Å². The molecule has 1 saturated carbocycles. The van der Waals surface area contributed by atoms with Gasteiger partial charge in [0.05, 0.1) is 30.5 Å². The molecule has 1 saturated heterocycles. The van der Waals surface area contributed by atoms with Crippen molar-refractivity contribution in [3.05, 3.63) is 60.1 Å². The summed E-state index contributed by atoms with van der Waals surface area (Å²) >= 11 is 0. The number of rotatable bonds is 6. The summed E-state index contributed by atoms with van der Waals surface area (Å²) in [5.74, 6) is -0.196. The number of hydrogen-bond donors (Lipinski definition) is 2. The van der Waals surface area contributed by atoms with Gasteiger partial charge in [-0.3, -0.25) is 14.9 Å². The molecule has 3 aromatic rings. The minimum atomic E-state index is -0.633. The summed E-state index contributed by atoms with van der Waals surface area (Å²) in [6, 6.07) is 13.2. The van der Waals surface area contributed by atoms with Gasteiger partial charge in [-0.15, -0.1) is 5.10 Å². The SMILES string of the molecule is O=C(Nc1ccc(N2CCOCC2)nc1)c1nnc(NC(=O)C2(c3ccccc3)CCCC2)o1. The summed E-state index contributed by atoms with van der Waals surface area (Å²) < 4.78 is 10.8. The molecule has 34 heavy (non-hydrogen) atoms. The van der Waals surface area contributed by atoms with E-state index < -0.39 is 11.3 Å². The van der Waals surface area contributed by atoms with Crippen molar-refractivity contribution in [2.75, 3.05) is 41.8 Å². The largest absolute Gasteiger partial charge is 0.399 e. The van der Waals surface area contributed by atoms with Crippen LogP contribution in [0.15, 0.2) is 53.1 Å². The van der Waals surface area contributed by atoms with Crippen molar-refractivity contribution in [2.24, 2.45) is 0 Å². The third-order valence-electron chi connectivity index (χ3n) is 6.40. The Morgan fingerprint density at radius 3 is 2.41 bits per heavy atom. The first-order valence-corrected chi connectivity index (χ1v) is 11.4. The Balaban J connectivity index is 1.23. The molecule has 5 rings (SSSR count). The topological polar surface area (TPSA) is 122 Å². The van der Waals surface area contributed by atoms with Crippen LogP contribution in [0.1, 0.15) is 41.9 Å². The van der Waals surface area contributed by atoms with Gasteiger partial charge in [0.1, 0.15) is 5.82 Å². The van der Waals surface area contributed by atoms with Crippen LogP contribution in [-0.4, -0.2) is 53.3 Å². The third kappa shape index (κ3) is 4.49. The third-order valence-corrected chi connectivity index (χ3v) is 6.40. The normalized spacial score (nSPS) is 17.4. The maximum atomic E-state index is 13.2. The van der Waals surface area contributed by atoms with Crippen molar-refractivity contribution in [3.63, 3.8) is 0 Å². The first-order chi connectivity index (χ1) is 16.6. The van der Waals surface area contributed by atoms with Crippen molar-refractivity contribution in [1.29, 1.82) is 0 Å². The van der Waals surface area contributed by atoms with Gasteiger partial charge in [0.25, 0.3) is 0 Å². The van der Waals surface area contributed by atoms with Crippen molar-refractivity contribution in [1.82, 2.24) is 15.2 Å². The van der Waals surface area contributed by atoms with Crippen LogP contribution in [-0.2, 0) is 14.9 Å². The van der Waals surface area contributed by atoms with Gasteiger partial charge in [0.15, 0.2) is 0 Å². The molecule has 0 radical (unpaired) electrons. The van der Waals surface area contributed by atoms with Gasteiger partial charge in [0.2, 0.25) is 5.91 Å². The van der Waals surface area contributed by atoms with Crippen LogP contribution in [0, 0.1) is 0 Å². The molecular formula is C24H26N6O4. The molecule has 10 heteroatoms. The highest BCUT2D eigenvalue weighted by Gasteiger charge is 2.43. The molecule has 1 aliphatic carbocycles. The number of amides is 2. The van der Waals surface area contributed by atoms with Crippen LogP contribution in [0.4, 0.5) is 17.5 Å². The summed E-state index contributed by atoms with van der Waals surface area (Å²) in [7, 11) is 0. The Morgan fingerprint density at radius 2 is 1.71 bits per heavy atom. The Bertz CT molecular complexity index is 1140. The Kier molecular flexibility index (Phi) is 6.22. The highest BCUT2D eigenvalue weighted by atomic mass is 16.5. The summed E-state index contributed by atoms with van der Waals surface area (Å²) in [4.78, 5) is 32.3. The Labute approximate surface area is 196 Å². The van der Waals surface area contributed by atoms with Crippen molar-refractivity contribution in [3.8, 4) is 0 Å². The molecule has 0 spiro atoms. The Hall–Kier alpha value is -3.79. The molecule has 0 bridgehead atoms. The standard InChI is InChI=1S/C24H26N6O4/c31-20(26-18-8-9-19(25-16-18)30-12-14-33-15-13-30)21-28-29-23(34-21)27-22(32)24(10-4-5-11-24)17-6-2-1-3-7-17/h1-3,6-9,16H,4-5,10-15H2,(H,26,31)(H,27,29,32). The minimum Gasteiger partial charge on any atom is -0.399 e. The number of ether oxygens (including phenoxy) is 1. The van der Waals surface area contributed by atoms with E-state index in [9.17, 15) is 9.59 Å². The molecule has 2 N–H and O–H groups in total. The average Bonchev–Trinajstić information content (AvgIpc) is 3.57. The lowest BCUT2D eigenvalue weighted by atomic mass is 9.78. The first-order valence-electron chi connectivity index (χ1n) is 11.4. The minimum absolute atomic E-state index is 0.0989. The number of pyridine rings is 1. The zero-order valence-corrected chi connectivity index (χ0v) is 18.7. The summed E-state index contributed by atoms with van der Waals surface area (Å²) in [5, 5.41) is 13.0. The van der Waals surface area contributed by atoms with E-state index in [1.165, 1.54) is 0 Å². The smallest absolute Gasteiger partial charge is 0.322 e. The zero-order valence-electron chi connectivity index (χ0n) is 18.7. The van der Waals surface area contributed by atoms with E-state index in [-0.39, 0.29) is 17.8 Å². The van der Waals surface area contributed by atoms with Crippen molar-refractivity contribution < 1.29 is 18.7 Å². The van der Waals surface area contributed by atoms with E-state index in [2.05, 4.69) is 30.7 Å². The lowest BCUT2D eigenvalue weighted by Gasteiger charge is -2.27. The monoisotopic (exact) mass is 462 g/mol. The molecular weight excluding hydrogens is 436 g/mol. The summed E-state index contributed by atoms with van der Waals surface area (Å²) in [6.45, 7) is 2.90. The molecule has 2 aromatic heterocycles. The number of aromatic nitrogens is 3. The predicted octanol–water partition coefficient (Wildman–Crippen LogP) is 3.00. The van der Waals surface area contributed by atoms with E-state index in [4.69, 9.17) is 9.15 Å². The van der Waals surface area contributed by atoms with Gasteiger partial charge in [0, 0.05) is 13.1 Å². The Morgan fingerprint density at radius 1 is 0.941 bits per heavy atom. The van der Waals surface area contributed by atoms with Crippen molar-refractivity contribution >= 4 is 29.3 Å². The number of hydrogen-bond acceptors (Lipinski definition) is 8. The fourth-order valence-corrected chi connectivity index (χ4v) is 4.59. The highest BCUT2D eigenvalue weighted by Crippen LogP contribution is 2.42. The van der Waals surface area contributed by atoms with Crippen LogP contribution in [0.5, 0.6) is 0 Å². The van der Waals surface area contributed by atoms with E-state index >= 15 is 0 Å². The maximum Gasteiger partial charge on any atom is 0.322 e. The van der Waals surface area contributed by atoms with Crippen LogP contribution < -0.4 is 15.5 Å². The van der Waals surface area contributed by atoms with Crippen LogP contribution >= 0.6 is 0 Å². The van der Waals surface area contributed by atoms with Crippen molar-refractivity contribution in [2.45, 2.75) is 31.1 Å². The second-order valence-corrected chi connectivity index (χ2v) is 8.48. The van der Waals surface area contributed by atoms with Gasteiger partial charge < -0.3 is 19.4 Å². The number of anilines is 3. The number of nitrogens with zero attached hydrogens (tertiary/aromatic N) is 4. The van der Waals surface area contributed by atoms with Crippen LogP contribution in [0.25, 0.3) is 0 Å². The molecule has 1 aromatic carbocycles. The molecule has 2 fully saturated rings. The molecule has 2 amide bonds. The number of morpholine rings is 1. The number of benzene rings is 1. The quantitative estimate of drug-likeness (QED) is 0.573. The molecule has 10 nitrogen and oxygen atoms in total. The maximum absolute atomic E-state index is 13.2. The summed E-state index contributed by atoms with van der Waals surface area (Å²) in [6.07, 6.45) is 5.01. The number of carbonyl (C=O) groups excluding carboxylic acids is 2. The molecule has 2 aliphatic rings. The molecule has 0 unspecified atom stereocenters. The van der Waals surface area contributed by atoms with Gasteiger partial charge >= 0.3 is 17.8 Å². The van der Waals surface area contributed by atoms with Crippen LogP contribution in [0.3, 0.4) is 0 Å². The number of carbonyl (C=O) groups is 2. The van der Waals surface area contributed by atoms with Crippen LogP contribution in [0.2, 0.25) is 0 Å².